The van der Waals surface area contributed by atoms with Gasteiger partial charge in [-0.15, -0.1) is 22.7 Å². The van der Waals surface area contributed by atoms with Gasteiger partial charge in [-0.05, 0) is 20.8 Å². The maximum Gasteiger partial charge on any atom is 0.408 e. The minimum atomic E-state index is -1.13. The molecule has 0 aliphatic carbocycles. The molecule has 14 nitrogen and oxygen atoms in total. The van der Waals surface area contributed by atoms with Gasteiger partial charge in [0.1, 0.15) is 52.3 Å². The number of alkyl carbamates (subject to hydrolysis) is 1. The Labute approximate surface area is 228 Å². The first kappa shape index (κ1) is 27.4. The average molecular weight is 572 g/mol. The molecule has 0 bridgehead atoms. The van der Waals surface area contributed by atoms with Gasteiger partial charge in [-0.2, -0.15) is 5.26 Å². The predicted molar refractivity (Wildman–Crippen MR) is 136 cm³/mol. The number of aromatic nitrogens is 4. The Bertz CT molecular complexity index is 1540. The second kappa shape index (κ2) is 11.4. The number of oxazole rings is 2. The van der Waals surface area contributed by atoms with E-state index in [-0.39, 0.29) is 23.9 Å². The molecule has 0 saturated heterocycles. The number of amides is 2. The molecule has 1 atom stereocenters. The molecule has 0 radical (unpaired) electrons. The SMILES string of the molecule is CC(C)(C)OC(=O)N[C@@H](Cc1nc(-c2nc(-c3nc(-c4nc(C(N)=O)co4)cs3)co2)cs1)C(=O)OCC#N. The van der Waals surface area contributed by atoms with Gasteiger partial charge in [0.25, 0.3) is 5.91 Å². The number of carbonyl (C=O) groups excluding carboxylic acids is 3. The molecule has 3 N–H and O–H groups in total. The fraction of sp³-hybridized carbons (Fsp3) is 0.304. The Kier molecular flexibility index (Phi) is 8.02. The number of hydrogen-bond donors (Lipinski definition) is 2. The van der Waals surface area contributed by atoms with E-state index in [2.05, 4.69) is 25.3 Å². The summed E-state index contributed by atoms with van der Waals surface area (Å²) in [6, 6.07) is 0.581. The maximum absolute atomic E-state index is 12.4. The van der Waals surface area contributed by atoms with Crippen LogP contribution in [0.3, 0.4) is 0 Å². The van der Waals surface area contributed by atoms with Gasteiger partial charge in [0, 0.05) is 17.2 Å². The van der Waals surface area contributed by atoms with Crippen molar-refractivity contribution in [2.75, 3.05) is 6.61 Å². The number of ether oxygens (including phenoxy) is 2. The van der Waals surface area contributed by atoms with Crippen LogP contribution in [0.4, 0.5) is 4.79 Å². The van der Waals surface area contributed by atoms with Gasteiger partial charge < -0.3 is 29.4 Å². The second-order valence-corrected chi connectivity index (χ2v) is 10.6. The van der Waals surface area contributed by atoms with Crippen LogP contribution in [-0.2, 0) is 20.7 Å². The van der Waals surface area contributed by atoms with Gasteiger partial charge in [0.2, 0.25) is 11.8 Å². The Hall–Kier alpha value is -4.62. The van der Waals surface area contributed by atoms with Crippen molar-refractivity contribution in [1.29, 1.82) is 5.26 Å². The zero-order valence-electron chi connectivity index (χ0n) is 20.8. The lowest BCUT2D eigenvalue weighted by atomic mass is 10.2. The molecule has 0 aromatic carbocycles. The third-order valence-electron chi connectivity index (χ3n) is 4.61. The summed E-state index contributed by atoms with van der Waals surface area (Å²) in [7, 11) is 0. The largest absolute Gasteiger partial charge is 0.449 e. The molecule has 2 amide bonds. The molecule has 0 aliphatic rings. The first-order valence-corrected chi connectivity index (χ1v) is 12.9. The minimum absolute atomic E-state index is 0.00975. The van der Waals surface area contributed by atoms with E-state index in [0.29, 0.717) is 27.1 Å². The van der Waals surface area contributed by atoms with Crippen molar-refractivity contribution >= 4 is 40.6 Å². The van der Waals surface area contributed by atoms with E-state index in [1.54, 1.807) is 37.6 Å². The van der Waals surface area contributed by atoms with Gasteiger partial charge >= 0.3 is 12.1 Å². The summed E-state index contributed by atoms with van der Waals surface area (Å²) in [5.74, 6) is -1.16. The number of primary amides is 1. The fourth-order valence-corrected chi connectivity index (χ4v) is 4.57. The number of nitrogens with one attached hydrogen (secondary N) is 1. The van der Waals surface area contributed by atoms with E-state index in [9.17, 15) is 14.4 Å². The third kappa shape index (κ3) is 7.03. The monoisotopic (exact) mass is 571 g/mol. The van der Waals surface area contributed by atoms with Crippen LogP contribution in [0.1, 0.15) is 36.3 Å². The highest BCUT2D eigenvalue weighted by atomic mass is 32.1. The van der Waals surface area contributed by atoms with Gasteiger partial charge in [-0.25, -0.2) is 29.5 Å². The van der Waals surface area contributed by atoms with Gasteiger partial charge in [0.05, 0.1) is 5.01 Å². The van der Waals surface area contributed by atoms with Crippen LogP contribution in [0, 0.1) is 11.3 Å². The standard InChI is InChI=1S/C23H21N7O7S2/c1-23(2,3)37-22(33)30-11(21(32)34-5-4-24)6-16-26-14(9-38-16)18-28-13(8-36-18)20-29-15(10-39-20)19-27-12(7-35-19)17(25)31/h7-11H,5-6H2,1-3H3,(H2,25,31)(H,30,33)/t11-/m0/s1. The van der Waals surface area contributed by atoms with Crippen LogP contribution < -0.4 is 11.1 Å². The van der Waals surface area contributed by atoms with Crippen LogP contribution in [0.2, 0.25) is 0 Å². The van der Waals surface area contributed by atoms with E-state index in [4.69, 9.17) is 29.3 Å². The summed E-state index contributed by atoms with van der Waals surface area (Å²) in [5, 5.41) is 15.5. The van der Waals surface area contributed by atoms with E-state index >= 15 is 0 Å². The van der Waals surface area contributed by atoms with E-state index in [0.717, 1.165) is 6.26 Å². The van der Waals surface area contributed by atoms with E-state index < -0.39 is 36.2 Å². The zero-order chi connectivity index (χ0) is 28.2. The maximum atomic E-state index is 12.4. The minimum Gasteiger partial charge on any atom is -0.449 e. The third-order valence-corrected chi connectivity index (χ3v) is 6.34. The number of rotatable bonds is 9. The van der Waals surface area contributed by atoms with Crippen LogP contribution in [0.25, 0.3) is 33.9 Å². The second-order valence-electron chi connectivity index (χ2n) is 8.77. The van der Waals surface area contributed by atoms with Crippen molar-refractivity contribution in [2.45, 2.75) is 38.8 Å². The molecule has 0 spiro atoms. The van der Waals surface area contributed by atoms with Crippen LogP contribution in [0.5, 0.6) is 0 Å². The lowest BCUT2D eigenvalue weighted by Crippen LogP contribution is -2.45. The number of thiazole rings is 2. The van der Waals surface area contributed by atoms with Crippen molar-refractivity contribution in [2.24, 2.45) is 5.73 Å². The molecule has 0 aliphatic heterocycles. The number of hydrogen-bond acceptors (Lipinski definition) is 14. The summed E-state index contributed by atoms with van der Waals surface area (Å²) >= 11 is 2.48. The summed E-state index contributed by atoms with van der Waals surface area (Å²) in [5.41, 5.74) is 5.64. The Balaban J connectivity index is 1.47. The Morgan fingerprint density at radius 2 is 1.74 bits per heavy atom. The molecule has 0 unspecified atom stereocenters. The molecule has 39 heavy (non-hydrogen) atoms. The smallest absolute Gasteiger partial charge is 0.408 e. The molecule has 16 heteroatoms. The predicted octanol–water partition coefficient (Wildman–Crippen LogP) is 3.18. The highest BCUT2D eigenvalue weighted by Crippen LogP contribution is 2.30. The normalized spacial score (nSPS) is 11.9. The average Bonchev–Trinajstić information content (AvgIpc) is 3.65. The molecule has 4 aromatic rings. The Morgan fingerprint density at radius 1 is 1.05 bits per heavy atom. The highest BCUT2D eigenvalue weighted by Gasteiger charge is 2.27. The summed E-state index contributed by atoms with van der Waals surface area (Å²) in [6.07, 6.45) is 1.74. The molecule has 202 valence electrons. The van der Waals surface area contributed by atoms with Crippen LogP contribution >= 0.6 is 22.7 Å². The van der Waals surface area contributed by atoms with Gasteiger partial charge in [-0.1, -0.05) is 0 Å². The van der Waals surface area contributed by atoms with E-state index in [1.807, 2.05) is 0 Å². The lowest BCUT2D eigenvalue weighted by Gasteiger charge is -2.22. The first-order valence-electron chi connectivity index (χ1n) is 11.2. The summed E-state index contributed by atoms with van der Waals surface area (Å²) in [4.78, 5) is 53.2. The van der Waals surface area contributed by atoms with Gasteiger partial charge in [0.15, 0.2) is 12.3 Å². The molecule has 4 rings (SSSR count). The van der Waals surface area contributed by atoms with Crippen LogP contribution in [0.15, 0.2) is 32.1 Å². The Morgan fingerprint density at radius 3 is 2.44 bits per heavy atom. The van der Waals surface area contributed by atoms with Crippen molar-refractivity contribution in [3.05, 3.63) is 34.0 Å². The zero-order valence-corrected chi connectivity index (χ0v) is 22.4. The first-order chi connectivity index (χ1) is 18.5. The van der Waals surface area contributed by atoms with Gasteiger partial charge in [-0.3, -0.25) is 4.79 Å². The summed E-state index contributed by atoms with van der Waals surface area (Å²) in [6.45, 7) is 4.60. The molecular formula is C23H21N7O7S2. The summed E-state index contributed by atoms with van der Waals surface area (Å²) < 4.78 is 20.9. The molecular weight excluding hydrogens is 550 g/mol. The number of carbonyl (C=O) groups is 3. The van der Waals surface area contributed by atoms with E-state index in [1.165, 1.54) is 28.9 Å². The molecule has 0 fully saturated rings. The van der Waals surface area contributed by atoms with Crippen molar-refractivity contribution in [3.63, 3.8) is 0 Å². The van der Waals surface area contributed by atoms with Crippen molar-refractivity contribution in [1.82, 2.24) is 25.3 Å². The quantitative estimate of drug-likeness (QED) is 0.277. The number of nitrogens with two attached hydrogens (primary N) is 1. The molecule has 4 aromatic heterocycles. The topological polar surface area (TPSA) is 209 Å². The van der Waals surface area contributed by atoms with Crippen molar-refractivity contribution < 1.29 is 32.7 Å². The number of nitrogens with zero attached hydrogens (tertiary/aromatic N) is 5. The van der Waals surface area contributed by atoms with Crippen LogP contribution in [-0.4, -0.2) is 56.2 Å². The fourth-order valence-electron chi connectivity index (χ4n) is 3.01. The van der Waals surface area contributed by atoms with Crippen molar-refractivity contribution in [3.8, 4) is 39.9 Å². The lowest BCUT2D eigenvalue weighted by molar-refractivity contribution is -0.144. The number of nitriles is 1. The highest BCUT2D eigenvalue weighted by molar-refractivity contribution is 7.13. The molecule has 4 heterocycles. The molecule has 0 saturated carbocycles. The number of esters is 1.